The van der Waals surface area contributed by atoms with Gasteiger partial charge in [0.2, 0.25) is 0 Å². The minimum Gasteiger partial charge on any atom is -0.497 e. The highest BCUT2D eigenvalue weighted by molar-refractivity contribution is 5.89. The van der Waals surface area contributed by atoms with Gasteiger partial charge in [-0.15, -0.1) is 0 Å². The predicted octanol–water partition coefficient (Wildman–Crippen LogP) is 3.31. The van der Waals surface area contributed by atoms with Crippen molar-refractivity contribution in [2.75, 3.05) is 46.7 Å². The Labute approximate surface area is 199 Å². The monoisotopic (exact) mass is 460 g/mol. The number of nitriles is 1. The molecule has 0 spiro atoms. The number of benzene rings is 2. The summed E-state index contributed by atoms with van der Waals surface area (Å²) >= 11 is 0. The molecule has 1 aromatic heterocycles. The van der Waals surface area contributed by atoms with Gasteiger partial charge in [-0.3, -0.25) is 0 Å². The minimum atomic E-state index is -0.285. The van der Waals surface area contributed by atoms with Gasteiger partial charge in [0.05, 0.1) is 25.5 Å². The Balaban J connectivity index is 1.78. The number of aromatic nitrogens is 2. The van der Waals surface area contributed by atoms with E-state index in [2.05, 4.69) is 26.7 Å². The van der Waals surface area contributed by atoms with Crippen LogP contribution in [-0.4, -0.2) is 62.3 Å². The number of carbonyl (C=O) groups is 1. The van der Waals surface area contributed by atoms with Crippen LogP contribution in [0.25, 0.3) is 11.3 Å². The van der Waals surface area contributed by atoms with Gasteiger partial charge in [0.1, 0.15) is 23.4 Å². The van der Waals surface area contributed by atoms with Crippen LogP contribution in [0.2, 0.25) is 0 Å². The highest BCUT2D eigenvalue weighted by atomic mass is 16.5. The van der Waals surface area contributed by atoms with Crippen LogP contribution in [0.4, 0.5) is 10.5 Å². The number of amides is 2. The van der Waals surface area contributed by atoms with Gasteiger partial charge in [-0.2, -0.15) is 5.26 Å². The Morgan fingerprint density at radius 1 is 1.12 bits per heavy atom. The molecule has 0 aliphatic heterocycles. The zero-order chi connectivity index (χ0) is 24.5. The number of ether oxygens (including phenoxy) is 2. The van der Waals surface area contributed by atoms with Crippen molar-refractivity contribution in [1.82, 2.24) is 20.2 Å². The molecule has 176 valence electrons. The lowest BCUT2D eigenvalue weighted by atomic mass is 10.1. The van der Waals surface area contributed by atoms with Crippen molar-refractivity contribution in [2.24, 2.45) is 0 Å². The van der Waals surface area contributed by atoms with Crippen LogP contribution in [0.15, 0.2) is 48.7 Å². The van der Waals surface area contributed by atoms with Gasteiger partial charge < -0.3 is 25.0 Å². The number of hydrogen-bond acceptors (Lipinski definition) is 7. The number of likely N-dealkylation sites (N-methyl/N-ethyl adjacent to an activating group) is 1. The molecule has 0 aliphatic rings. The van der Waals surface area contributed by atoms with Crippen LogP contribution < -0.4 is 20.1 Å². The molecule has 1 heterocycles. The Morgan fingerprint density at radius 2 is 1.94 bits per heavy atom. The molecule has 0 radical (unpaired) electrons. The molecule has 9 nitrogen and oxygen atoms in total. The van der Waals surface area contributed by atoms with Gasteiger partial charge in [0, 0.05) is 43.0 Å². The molecule has 3 rings (SSSR count). The van der Waals surface area contributed by atoms with Gasteiger partial charge in [0.15, 0.2) is 0 Å². The molecule has 0 fully saturated rings. The topological polar surface area (TPSA) is 112 Å². The third-order valence-electron chi connectivity index (χ3n) is 4.99. The fourth-order valence-electron chi connectivity index (χ4n) is 3.30. The number of nitrogens with zero attached hydrogens (tertiary/aromatic N) is 4. The van der Waals surface area contributed by atoms with Gasteiger partial charge in [-0.25, -0.2) is 14.8 Å². The van der Waals surface area contributed by atoms with Crippen molar-refractivity contribution in [3.63, 3.8) is 0 Å². The number of nitrogens with one attached hydrogen (secondary N) is 2. The summed E-state index contributed by atoms with van der Waals surface area (Å²) < 4.78 is 10.6. The van der Waals surface area contributed by atoms with Gasteiger partial charge in [-0.05, 0) is 56.1 Å². The van der Waals surface area contributed by atoms with Gasteiger partial charge >= 0.3 is 6.03 Å². The zero-order valence-electron chi connectivity index (χ0n) is 19.8. The molecule has 0 aliphatic carbocycles. The van der Waals surface area contributed by atoms with Crippen LogP contribution in [-0.2, 0) is 6.42 Å². The molecule has 0 saturated heterocycles. The normalized spacial score (nSPS) is 10.5. The molecule has 2 N–H and O–H groups in total. The molecule has 0 atom stereocenters. The third kappa shape index (κ3) is 6.67. The van der Waals surface area contributed by atoms with Crippen molar-refractivity contribution in [3.8, 4) is 28.8 Å². The second-order valence-corrected chi connectivity index (χ2v) is 7.82. The highest BCUT2D eigenvalue weighted by Crippen LogP contribution is 2.26. The highest BCUT2D eigenvalue weighted by Gasteiger charge is 2.10. The second-order valence-electron chi connectivity index (χ2n) is 7.82. The van der Waals surface area contributed by atoms with E-state index in [9.17, 15) is 10.1 Å². The molecule has 2 amide bonds. The zero-order valence-corrected chi connectivity index (χ0v) is 19.8. The first-order valence-electron chi connectivity index (χ1n) is 10.7. The van der Waals surface area contributed by atoms with E-state index in [4.69, 9.17) is 9.47 Å². The smallest absolute Gasteiger partial charge is 0.319 e. The molecular weight excluding hydrogens is 432 g/mol. The Morgan fingerprint density at radius 3 is 2.65 bits per heavy atom. The summed E-state index contributed by atoms with van der Waals surface area (Å²) in [5, 5.41) is 15.0. The predicted molar refractivity (Wildman–Crippen MR) is 130 cm³/mol. The average molecular weight is 461 g/mol. The first-order valence-corrected chi connectivity index (χ1v) is 10.7. The second kappa shape index (κ2) is 11.6. The molecular formula is C25H28N6O3. The van der Waals surface area contributed by atoms with Crippen molar-refractivity contribution in [3.05, 3.63) is 65.6 Å². The maximum Gasteiger partial charge on any atom is 0.319 e. The van der Waals surface area contributed by atoms with E-state index >= 15 is 0 Å². The lowest BCUT2D eigenvalue weighted by Crippen LogP contribution is -2.34. The summed E-state index contributed by atoms with van der Waals surface area (Å²) in [5.41, 5.74) is 3.43. The quantitative estimate of drug-likeness (QED) is 0.504. The van der Waals surface area contributed by atoms with Crippen molar-refractivity contribution < 1.29 is 14.3 Å². The summed E-state index contributed by atoms with van der Waals surface area (Å²) in [7, 11) is 7.00. The van der Waals surface area contributed by atoms with Gasteiger partial charge in [-0.1, -0.05) is 0 Å². The molecule has 0 bridgehead atoms. The van der Waals surface area contributed by atoms with E-state index in [1.54, 1.807) is 37.6 Å². The van der Waals surface area contributed by atoms with E-state index < -0.39 is 0 Å². The summed E-state index contributed by atoms with van der Waals surface area (Å²) in [6.45, 7) is 1.28. The SMILES string of the molecule is COc1cc(Cc2nccc(-c3ccc(OC)c(C#N)c3)n2)cc(NC(=O)NCCN(C)C)c1. The number of anilines is 1. The van der Waals surface area contributed by atoms with E-state index in [0.717, 1.165) is 17.7 Å². The number of carbonyl (C=O) groups excluding carboxylic acids is 1. The van der Waals surface area contributed by atoms with Crippen LogP contribution in [0, 0.1) is 11.3 Å². The minimum absolute atomic E-state index is 0.285. The molecule has 0 saturated carbocycles. The lowest BCUT2D eigenvalue weighted by molar-refractivity contribution is 0.250. The number of urea groups is 1. The fourth-order valence-corrected chi connectivity index (χ4v) is 3.30. The first kappa shape index (κ1) is 24.5. The Hall–Kier alpha value is -4.16. The van der Waals surface area contributed by atoms with Crippen LogP contribution in [0.1, 0.15) is 17.0 Å². The third-order valence-corrected chi connectivity index (χ3v) is 4.99. The largest absolute Gasteiger partial charge is 0.497 e. The van der Waals surface area contributed by atoms with E-state index in [0.29, 0.717) is 47.2 Å². The number of methoxy groups -OCH3 is 2. The fraction of sp³-hybridized carbons (Fsp3) is 0.280. The Kier molecular flexibility index (Phi) is 8.37. The van der Waals surface area contributed by atoms with E-state index in [1.165, 1.54) is 7.11 Å². The van der Waals surface area contributed by atoms with Gasteiger partial charge in [0.25, 0.3) is 0 Å². The summed E-state index contributed by atoms with van der Waals surface area (Å²) in [6, 6.07) is 14.5. The van der Waals surface area contributed by atoms with Crippen LogP contribution in [0.3, 0.4) is 0 Å². The summed E-state index contributed by atoms with van der Waals surface area (Å²) in [6.07, 6.45) is 2.12. The number of hydrogen-bond donors (Lipinski definition) is 2. The summed E-state index contributed by atoms with van der Waals surface area (Å²) in [5.74, 6) is 1.73. The van der Waals surface area contributed by atoms with Crippen molar-refractivity contribution >= 4 is 11.7 Å². The molecule has 2 aromatic carbocycles. The standard InChI is InChI=1S/C25H28N6O3/c1-31(2)10-9-28-25(32)29-20-11-17(12-21(15-20)33-3)13-24-27-8-7-22(30-24)18-5-6-23(34-4)19(14-18)16-26/h5-8,11-12,14-15H,9-10,13H2,1-4H3,(H2,28,29,32). The van der Waals surface area contributed by atoms with Crippen LogP contribution >= 0.6 is 0 Å². The molecule has 9 heteroatoms. The first-order chi connectivity index (χ1) is 16.4. The van der Waals surface area contributed by atoms with Crippen LogP contribution in [0.5, 0.6) is 11.5 Å². The van der Waals surface area contributed by atoms with E-state index in [1.807, 2.05) is 37.2 Å². The average Bonchev–Trinajstić information content (AvgIpc) is 2.83. The lowest BCUT2D eigenvalue weighted by Gasteiger charge is -2.13. The number of rotatable bonds is 9. The molecule has 0 unspecified atom stereocenters. The molecule has 3 aromatic rings. The molecule has 34 heavy (non-hydrogen) atoms. The van der Waals surface area contributed by atoms with Crippen molar-refractivity contribution in [1.29, 1.82) is 5.26 Å². The van der Waals surface area contributed by atoms with Crippen molar-refractivity contribution in [2.45, 2.75) is 6.42 Å². The summed E-state index contributed by atoms with van der Waals surface area (Å²) in [4.78, 5) is 23.3. The maximum absolute atomic E-state index is 12.2. The Bertz CT molecular complexity index is 1190. The van der Waals surface area contributed by atoms with E-state index in [-0.39, 0.29) is 6.03 Å². The maximum atomic E-state index is 12.2.